The summed E-state index contributed by atoms with van der Waals surface area (Å²) in [6.45, 7) is 9.28. The van der Waals surface area contributed by atoms with Crippen molar-refractivity contribution in [1.82, 2.24) is 25.0 Å². The number of esters is 1. The SMILES string of the molecule is CCOC(=O)C1=C(CN2CCN3C(=S)N(CC(C)(C)C(=O)O)CC3C2)NC(c2ncc(F)cc2F)=NC1c1cccc(F)c1C. The van der Waals surface area contributed by atoms with Crippen LogP contribution in [0.2, 0.25) is 0 Å². The second-order valence-electron chi connectivity index (χ2n) is 12.0. The standard InChI is InChI=1S/C31H35F3N6O4S/c1-5-44-28(41)24-23(15-38-9-10-40-19(13-38)14-39(30(40)45)16-31(3,4)29(42)43)36-27(26-22(34)11-18(32)12-35-26)37-25(24)20-7-6-8-21(33)17(20)2/h6-8,11-12,19,25H,5,9-10,13-16H2,1-4H3,(H,36,37)(H,42,43). The van der Waals surface area contributed by atoms with Gasteiger partial charge in [0.2, 0.25) is 0 Å². The van der Waals surface area contributed by atoms with Crippen molar-refractivity contribution in [3.63, 3.8) is 0 Å². The number of carboxylic acid groups (broad SMARTS) is 1. The zero-order valence-corrected chi connectivity index (χ0v) is 26.3. The molecule has 14 heteroatoms. The molecule has 1 aromatic carbocycles. The van der Waals surface area contributed by atoms with Gasteiger partial charge in [0.25, 0.3) is 0 Å². The number of aliphatic carboxylic acids is 1. The number of nitrogens with one attached hydrogen (secondary N) is 1. The number of aliphatic imine (C=N–C) groups is 1. The van der Waals surface area contributed by atoms with Gasteiger partial charge in [-0.1, -0.05) is 12.1 Å². The number of hydrogen-bond acceptors (Lipinski definition) is 8. The van der Waals surface area contributed by atoms with Crippen LogP contribution < -0.4 is 5.32 Å². The Bertz CT molecular complexity index is 1600. The molecule has 0 bridgehead atoms. The lowest BCUT2D eigenvalue weighted by atomic mass is 9.91. The Morgan fingerprint density at radius 3 is 2.62 bits per heavy atom. The zero-order valence-electron chi connectivity index (χ0n) is 25.4. The summed E-state index contributed by atoms with van der Waals surface area (Å²) < 4.78 is 49.0. The van der Waals surface area contributed by atoms with Crippen LogP contribution in [-0.2, 0) is 14.3 Å². The molecule has 0 radical (unpaired) electrons. The lowest BCUT2D eigenvalue weighted by molar-refractivity contribution is -0.147. The third kappa shape index (κ3) is 6.52. The molecule has 1 aromatic heterocycles. The number of benzene rings is 1. The molecular weight excluding hydrogens is 609 g/mol. The molecule has 0 saturated carbocycles. The van der Waals surface area contributed by atoms with E-state index in [-0.39, 0.29) is 48.4 Å². The van der Waals surface area contributed by atoms with Crippen molar-refractivity contribution in [1.29, 1.82) is 0 Å². The van der Waals surface area contributed by atoms with Crippen molar-refractivity contribution in [3.05, 3.63) is 76.0 Å². The Kier molecular flexibility index (Phi) is 9.17. The maximum Gasteiger partial charge on any atom is 0.338 e. The van der Waals surface area contributed by atoms with Gasteiger partial charge in [-0.15, -0.1) is 0 Å². The van der Waals surface area contributed by atoms with Crippen LogP contribution in [0.1, 0.15) is 43.6 Å². The molecule has 240 valence electrons. The summed E-state index contributed by atoms with van der Waals surface area (Å²) >= 11 is 5.70. The average Bonchev–Trinajstić information content (AvgIpc) is 3.27. The second-order valence-corrected chi connectivity index (χ2v) is 12.4. The minimum Gasteiger partial charge on any atom is -0.481 e. The van der Waals surface area contributed by atoms with Crippen LogP contribution >= 0.6 is 12.2 Å². The number of carbonyl (C=O) groups is 2. The van der Waals surface area contributed by atoms with Gasteiger partial charge < -0.3 is 25.0 Å². The number of ether oxygens (including phenoxy) is 1. The minimum atomic E-state index is -1.06. The van der Waals surface area contributed by atoms with E-state index in [0.717, 1.165) is 6.20 Å². The van der Waals surface area contributed by atoms with Gasteiger partial charge in [0.1, 0.15) is 23.4 Å². The van der Waals surface area contributed by atoms with Crippen LogP contribution in [0.25, 0.3) is 0 Å². The summed E-state index contributed by atoms with van der Waals surface area (Å²) in [6, 6.07) is 4.05. The fourth-order valence-corrected chi connectivity index (χ4v) is 6.29. The van der Waals surface area contributed by atoms with E-state index < -0.39 is 40.8 Å². The van der Waals surface area contributed by atoms with Gasteiger partial charge >= 0.3 is 11.9 Å². The maximum absolute atomic E-state index is 15.0. The van der Waals surface area contributed by atoms with Crippen molar-refractivity contribution >= 4 is 35.1 Å². The highest BCUT2D eigenvalue weighted by Gasteiger charge is 2.42. The molecule has 5 rings (SSSR count). The molecule has 2 atom stereocenters. The zero-order chi connectivity index (χ0) is 32.6. The van der Waals surface area contributed by atoms with Gasteiger partial charge in [-0.05, 0) is 57.1 Å². The first kappa shape index (κ1) is 32.4. The van der Waals surface area contributed by atoms with Crippen LogP contribution in [0.4, 0.5) is 13.2 Å². The van der Waals surface area contributed by atoms with E-state index in [1.165, 1.54) is 12.1 Å². The molecule has 4 heterocycles. The summed E-state index contributed by atoms with van der Waals surface area (Å²) in [5, 5.41) is 13.3. The van der Waals surface area contributed by atoms with Gasteiger partial charge in [0, 0.05) is 51.0 Å². The van der Waals surface area contributed by atoms with E-state index in [0.29, 0.717) is 48.6 Å². The molecular formula is C31H35F3N6O4S. The number of halogens is 3. The van der Waals surface area contributed by atoms with Gasteiger partial charge in [0.05, 0.1) is 29.8 Å². The quantitative estimate of drug-likeness (QED) is 0.311. The van der Waals surface area contributed by atoms with Crippen LogP contribution in [-0.4, -0.2) is 99.6 Å². The second kappa shape index (κ2) is 12.8. The van der Waals surface area contributed by atoms with E-state index >= 15 is 0 Å². The Balaban J connectivity index is 1.50. The Morgan fingerprint density at radius 1 is 1.18 bits per heavy atom. The van der Waals surface area contributed by atoms with E-state index in [1.54, 1.807) is 33.8 Å². The third-order valence-electron chi connectivity index (χ3n) is 8.32. The molecule has 2 N–H and O–H groups in total. The number of thiocarbonyl (C=S) groups is 1. The summed E-state index contributed by atoms with van der Waals surface area (Å²) in [5.41, 5.74) is -0.0777. The number of rotatable bonds is 9. The normalized spacial score (nSPS) is 20.6. The summed E-state index contributed by atoms with van der Waals surface area (Å²) in [5.74, 6) is -3.92. The number of fused-ring (bicyclic) bond motifs is 1. The number of carboxylic acids is 1. The predicted octanol–water partition coefficient (Wildman–Crippen LogP) is 3.41. The molecule has 0 amide bonds. The topological polar surface area (TPSA) is 111 Å². The highest BCUT2D eigenvalue weighted by molar-refractivity contribution is 7.80. The summed E-state index contributed by atoms with van der Waals surface area (Å²) in [6.07, 6.45) is 0.870. The van der Waals surface area contributed by atoms with E-state index in [1.807, 2.05) is 4.90 Å². The molecule has 3 aliphatic rings. The lowest BCUT2D eigenvalue weighted by Crippen LogP contribution is -2.53. The van der Waals surface area contributed by atoms with Crippen molar-refractivity contribution in [2.24, 2.45) is 10.4 Å². The largest absolute Gasteiger partial charge is 0.481 e. The molecule has 3 aliphatic heterocycles. The fourth-order valence-electron chi connectivity index (χ4n) is 5.91. The highest BCUT2D eigenvalue weighted by atomic mass is 32.1. The van der Waals surface area contributed by atoms with Gasteiger partial charge in [-0.25, -0.2) is 22.9 Å². The molecule has 2 fully saturated rings. The smallest absolute Gasteiger partial charge is 0.338 e. The number of hydrogen-bond donors (Lipinski definition) is 2. The Morgan fingerprint density at radius 2 is 1.93 bits per heavy atom. The molecule has 45 heavy (non-hydrogen) atoms. The number of pyridine rings is 1. The van der Waals surface area contributed by atoms with Gasteiger partial charge in [-0.3, -0.25) is 14.7 Å². The van der Waals surface area contributed by atoms with Crippen molar-refractivity contribution in [3.8, 4) is 0 Å². The predicted molar refractivity (Wildman–Crippen MR) is 164 cm³/mol. The van der Waals surface area contributed by atoms with Crippen molar-refractivity contribution in [2.45, 2.75) is 39.8 Å². The highest BCUT2D eigenvalue weighted by Crippen LogP contribution is 2.36. The number of amidine groups is 1. The van der Waals surface area contributed by atoms with Crippen LogP contribution in [0.3, 0.4) is 0 Å². The molecule has 10 nitrogen and oxygen atoms in total. The Labute approximate surface area is 264 Å². The molecule has 2 unspecified atom stereocenters. The first-order valence-electron chi connectivity index (χ1n) is 14.6. The lowest BCUT2D eigenvalue weighted by Gasteiger charge is -2.39. The minimum absolute atomic E-state index is 0.0308. The maximum atomic E-state index is 15.0. The molecule has 0 aliphatic carbocycles. The van der Waals surface area contributed by atoms with Crippen molar-refractivity contribution < 1.29 is 32.6 Å². The molecule has 2 aromatic rings. The average molecular weight is 645 g/mol. The van der Waals surface area contributed by atoms with E-state index in [9.17, 15) is 27.9 Å². The Hall–Kier alpha value is -4.04. The van der Waals surface area contributed by atoms with Crippen LogP contribution in [0, 0.1) is 29.8 Å². The molecule has 2 saturated heterocycles. The van der Waals surface area contributed by atoms with E-state index in [2.05, 4.69) is 25.1 Å². The van der Waals surface area contributed by atoms with Gasteiger partial charge in [0.15, 0.2) is 16.8 Å². The number of carbonyl (C=O) groups excluding carboxylic acids is 1. The first-order chi connectivity index (χ1) is 21.3. The molecule has 0 spiro atoms. The number of nitrogens with zero attached hydrogens (tertiary/aromatic N) is 5. The third-order valence-corrected chi connectivity index (χ3v) is 8.81. The summed E-state index contributed by atoms with van der Waals surface area (Å²) in [7, 11) is 0. The monoisotopic (exact) mass is 644 g/mol. The summed E-state index contributed by atoms with van der Waals surface area (Å²) in [4.78, 5) is 39.9. The number of aromatic nitrogens is 1. The van der Waals surface area contributed by atoms with Crippen LogP contribution in [0.15, 0.2) is 46.7 Å². The fraction of sp³-hybridized carbons (Fsp3) is 0.452. The van der Waals surface area contributed by atoms with Crippen LogP contribution in [0.5, 0.6) is 0 Å². The van der Waals surface area contributed by atoms with Crippen molar-refractivity contribution in [2.75, 3.05) is 45.9 Å². The van der Waals surface area contributed by atoms with Gasteiger partial charge in [-0.2, -0.15) is 0 Å². The number of piperazine rings is 1. The first-order valence-corrected chi connectivity index (χ1v) is 15.0. The van der Waals surface area contributed by atoms with E-state index in [4.69, 9.17) is 17.0 Å².